The van der Waals surface area contributed by atoms with E-state index in [1.165, 1.54) is 0 Å². The zero-order chi connectivity index (χ0) is 8.91. The van der Waals surface area contributed by atoms with Crippen LogP contribution in [0.15, 0.2) is 0 Å². The Kier molecular flexibility index (Phi) is 4.47. The van der Waals surface area contributed by atoms with Gasteiger partial charge in [-0.25, -0.2) is 0 Å². The molecular formula is C9H18OSi. The normalized spacial score (nSPS) is 13.5. The fraction of sp³-hybridized carbons (Fsp3) is 0.778. The Hall–Kier alpha value is -0.263. The van der Waals surface area contributed by atoms with Gasteiger partial charge in [0.25, 0.3) is 0 Å². The van der Waals surface area contributed by atoms with Gasteiger partial charge >= 0.3 is 0 Å². The molecule has 0 radical (unpaired) electrons. The minimum absolute atomic E-state index is 0.250. The summed E-state index contributed by atoms with van der Waals surface area (Å²) in [5, 5.41) is 8.71. The number of aliphatic hydroxyl groups excluding tert-OH is 1. The maximum atomic E-state index is 8.71. The van der Waals surface area contributed by atoms with Crippen LogP contribution in [0.25, 0.3) is 0 Å². The fourth-order valence-electron chi connectivity index (χ4n) is 0.555. The van der Waals surface area contributed by atoms with E-state index in [-0.39, 0.29) is 6.61 Å². The average molecular weight is 170 g/mol. The van der Waals surface area contributed by atoms with Crippen molar-refractivity contribution in [2.24, 2.45) is 5.92 Å². The number of rotatable bonds is 2. The summed E-state index contributed by atoms with van der Waals surface area (Å²) in [4.78, 5) is 0. The van der Waals surface area contributed by atoms with E-state index in [9.17, 15) is 0 Å². The lowest BCUT2D eigenvalue weighted by Gasteiger charge is -2.04. The SMILES string of the molecule is CC(CO)CC#C[Si](C)(C)C. The molecule has 0 heterocycles. The van der Waals surface area contributed by atoms with Crippen LogP contribution in [0.1, 0.15) is 13.3 Å². The molecule has 0 rings (SSSR count). The highest BCUT2D eigenvalue weighted by Crippen LogP contribution is 2.00. The van der Waals surface area contributed by atoms with E-state index in [0.29, 0.717) is 5.92 Å². The molecule has 1 nitrogen and oxygen atoms in total. The quantitative estimate of drug-likeness (QED) is 0.495. The van der Waals surface area contributed by atoms with Gasteiger partial charge in [0, 0.05) is 13.0 Å². The Morgan fingerprint density at radius 1 is 1.36 bits per heavy atom. The minimum Gasteiger partial charge on any atom is -0.396 e. The average Bonchev–Trinajstić information content (AvgIpc) is 1.85. The predicted molar refractivity (Wildman–Crippen MR) is 52.0 cm³/mol. The van der Waals surface area contributed by atoms with Crippen LogP contribution in [-0.2, 0) is 0 Å². The van der Waals surface area contributed by atoms with Crippen molar-refractivity contribution in [3.05, 3.63) is 0 Å². The molecule has 1 atom stereocenters. The molecule has 2 heteroatoms. The molecule has 0 spiro atoms. The van der Waals surface area contributed by atoms with E-state index in [4.69, 9.17) is 5.11 Å². The first-order valence-electron chi connectivity index (χ1n) is 4.06. The molecule has 0 aliphatic rings. The zero-order valence-electron chi connectivity index (χ0n) is 7.94. The van der Waals surface area contributed by atoms with E-state index in [2.05, 4.69) is 31.1 Å². The van der Waals surface area contributed by atoms with Crippen LogP contribution in [0.4, 0.5) is 0 Å². The summed E-state index contributed by atoms with van der Waals surface area (Å²) in [7, 11) is -1.18. The van der Waals surface area contributed by atoms with Gasteiger partial charge in [-0.2, -0.15) is 0 Å². The van der Waals surface area contributed by atoms with Crippen molar-refractivity contribution >= 4 is 8.07 Å². The molecular weight excluding hydrogens is 152 g/mol. The van der Waals surface area contributed by atoms with Crippen LogP contribution in [-0.4, -0.2) is 19.8 Å². The van der Waals surface area contributed by atoms with Crippen molar-refractivity contribution in [2.45, 2.75) is 33.0 Å². The molecule has 1 unspecified atom stereocenters. The van der Waals surface area contributed by atoms with Crippen LogP contribution in [0, 0.1) is 17.4 Å². The molecule has 0 bridgehead atoms. The maximum Gasteiger partial charge on any atom is 0.129 e. The molecule has 11 heavy (non-hydrogen) atoms. The van der Waals surface area contributed by atoms with Crippen molar-refractivity contribution in [1.82, 2.24) is 0 Å². The molecule has 0 fully saturated rings. The Bertz CT molecular complexity index is 159. The largest absolute Gasteiger partial charge is 0.396 e. The Morgan fingerprint density at radius 2 is 1.91 bits per heavy atom. The van der Waals surface area contributed by atoms with E-state index < -0.39 is 8.07 Å². The molecule has 64 valence electrons. The molecule has 0 aromatic rings. The van der Waals surface area contributed by atoms with Crippen LogP contribution < -0.4 is 0 Å². The first-order chi connectivity index (χ1) is 4.95. The summed E-state index contributed by atoms with van der Waals surface area (Å²) in [5.74, 6) is 3.46. The van der Waals surface area contributed by atoms with Gasteiger partial charge in [0.15, 0.2) is 0 Å². The van der Waals surface area contributed by atoms with Crippen molar-refractivity contribution in [3.63, 3.8) is 0 Å². The summed E-state index contributed by atoms with van der Waals surface area (Å²) in [6.45, 7) is 8.94. The monoisotopic (exact) mass is 170 g/mol. The van der Waals surface area contributed by atoms with Crippen LogP contribution in [0.3, 0.4) is 0 Å². The van der Waals surface area contributed by atoms with Crippen molar-refractivity contribution in [2.75, 3.05) is 6.61 Å². The van der Waals surface area contributed by atoms with Crippen molar-refractivity contribution in [3.8, 4) is 11.5 Å². The number of aliphatic hydroxyl groups is 1. The van der Waals surface area contributed by atoms with E-state index in [1.807, 2.05) is 6.92 Å². The first kappa shape index (κ1) is 10.7. The minimum atomic E-state index is -1.18. The highest BCUT2D eigenvalue weighted by molar-refractivity contribution is 6.83. The molecule has 0 saturated carbocycles. The lowest BCUT2D eigenvalue weighted by Crippen LogP contribution is -2.16. The van der Waals surface area contributed by atoms with Gasteiger partial charge < -0.3 is 5.11 Å². The van der Waals surface area contributed by atoms with Crippen LogP contribution in [0.5, 0.6) is 0 Å². The van der Waals surface area contributed by atoms with Crippen molar-refractivity contribution < 1.29 is 5.11 Å². The molecule has 0 saturated heterocycles. The smallest absolute Gasteiger partial charge is 0.129 e. The third kappa shape index (κ3) is 7.64. The molecule has 1 N–H and O–H groups in total. The zero-order valence-corrected chi connectivity index (χ0v) is 8.94. The third-order valence-electron chi connectivity index (χ3n) is 1.23. The predicted octanol–water partition coefficient (Wildman–Crippen LogP) is 1.89. The molecule has 0 aromatic carbocycles. The fourth-order valence-corrected chi connectivity index (χ4v) is 1.19. The van der Waals surface area contributed by atoms with E-state index in [0.717, 1.165) is 6.42 Å². The summed E-state index contributed by atoms with van der Waals surface area (Å²) < 4.78 is 0. The van der Waals surface area contributed by atoms with Gasteiger partial charge in [-0.05, 0) is 5.92 Å². The van der Waals surface area contributed by atoms with Crippen LogP contribution in [0.2, 0.25) is 19.6 Å². The van der Waals surface area contributed by atoms with Gasteiger partial charge in [-0.3, -0.25) is 0 Å². The molecule has 0 aliphatic carbocycles. The topological polar surface area (TPSA) is 20.2 Å². The van der Waals surface area contributed by atoms with Gasteiger partial charge in [0.1, 0.15) is 8.07 Å². The highest BCUT2D eigenvalue weighted by Gasteiger charge is 2.07. The maximum absolute atomic E-state index is 8.71. The summed E-state index contributed by atoms with van der Waals surface area (Å²) in [6.07, 6.45) is 0.834. The van der Waals surface area contributed by atoms with Crippen LogP contribution >= 0.6 is 0 Å². The highest BCUT2D eigenvalue weighted by atomic mass is 28.3. The summed E-state index contributed by atoms with van der Waals surface area (Å²) >= 11 is 0. The van der Waals surface area contributed by atoms with Gasteiger partial charge in [0.2, 0.25) is 0 Å². The lowest BCUT2D eigenvalue weighted by molar-refractivity contribution is 0.240. The standard InChI is InChI=1S/C9H18OSi/c1-9(8-10)6-5-7-11(2,3)4/h9-10H,6,8H2,1-4H3. The van der Waals surface area contributed by atoms with E-state index >= 15 is 0 Å². The van der Waals surface area contributed by atoms with Gasteiger partial charge in [0.05, 0.1) is 0 Å². The Labute approximate surface area is 70.8 Å². The molecule has 0 aliphatic heterocycles. The summed E-state index contributed by atoms with van der Waals surface area (Å²) in [5.41, 5.74) is 3.26. The molecule has 0 aromatic heterocycles. The number of hydrogen-bond donors (Lipinski definition) is 1. The third-order valence-corrected chi connectivity index (χ3v) is 2.15. The second kappa shape index (κ2) is 4.58. The molecule has 0 amide bonds. The number of hydrogen-bond acceptors (Lipinski definition) is 1. The van der Waals surface area contributed by atoms with E-state index in [1.54, 1.807) is 0 Å². The summed E-state index contributed by atoms with van der Waals surface area (Å²) in [6, 6.07) is 0. The first-order valence-corrected chi connectivity index (χ1v) is 7.56. The van der Waals surface area contributed by atoms with Gasteiger partial charge in [-0.15, -0.1) is 11.5 Å². The second-order valence-corrected chi connectivity index (χ2v) is 8.79. The second-order valence-electron chi connectivity index (χ2n) is 4.04. The lowest BCUT2D eigenvalue weighted by atomic mass is 10.1. The van der Waals surface area contributed by atoms with Crippen molar-refractivity contribution in [1.29, 1.82) is 0 Å². The Balaban J connectivity index is 3.73. The van der Waals surface area contributed by atoms with Gasteiger partial charge in [-0.1, -0.05) is 26.6 Å². The Morgan fingerprint density at radius 3 is 2.27 bits per heavy atom.